The topological polar surface area (TPSA) is 95.6 Å². The molecule has 8 heteroatoms. The fourth-order valence-corrected chi connectivity index (χ4v) is 4.27. The predicted molar refractivity (Wildman–Crippen MR) is 122 cm³/mol. The number of hydrogen-bond donors (Lipinski definition) is 1. The number of hydrogen-bond acceptors (Lipinski definition) is 7. The maximum atomic E-state index is 12.0. The molecular weight excluding hydrogens is 426 g/mol. The molecule has 3 heterocycles. The summed E-state index contributed by atoms with van der Waals surface area (Å²) in [5.41, 5.74) is 1.02. The molecule has 0 aromatic carbocycles. The summed E-state index contributed by atoms with van der Waals surface area (Å²) in [6, 6.07) is 0. The minimum Gasteiger partial charge on any atom is -0.459 e. The lowest BCUT2D eigenvalue weighted by Gasteiger charge is -2.38. The van der Waals surface area contributed by atoms with Crippen molar-refractivity contribution in [2.24, 2.45) is 5.92 Å². The molecule has 1 unspecified atom stereocenters. The van der Waals surface area contributed by atoms with Gasteiger partial charge in [0.2, 0.25) is 12.3 Å². The third kappa shape index (κ3) is 8.70. The normalized spacial score (nSPS) is 32.8. The number of ether oxygens (including phenoxy) is 5. The third-order valence-corrected chi connectivity index (χ3v) is 5.79. The van der Waals surface area contributed by atoms with E-state index in [0.29, 0.717) is 13.2 Å². The molecule has 3 rings (SSSR count). The Kier molecular flexibility index (Phi) is 8.50. The second-order valence-corrected chi connectivity index (χ2v) is 9.86. The summed E-state index contributed by atoms with van der Waals surface area (Å²) in [6.45, 7) is 11.1. The maximum absolute atomic E-state index is 12.0. The van der Waals surface area contributed by atoms with Gasteiger partial charge >= 0.3 is 5.97 Å². The number of amides is 1. The Morgan fingerprint density at radius 2 is 1.88 bits per heavy atom. The average Bonchev–Trinajstić information content (AvgIpc) is 3.46. The third-order valence-electron chi connectivity index (χ3n) is 5.79. The Morgan fingerprint density at radius 3 is 2.52 bits per heavy atom. The Bertz CT molecular complexity index is 783. The number of epoxide rings is 1. The van der Waals surface area contributed by atoms with Crippen LogP contribution >= 0.6 is 0 Å². The molecular formula is C25H37NO7. The number of rotatable bonds is 8. The molecule has 0 aromatic rings. The van der Waals surface area contributed by atoms with Gasteiger partial charge in [-0.05, 0) is 40.2 Å². The fraction of sp³-hybridized carbons (Fsp3) is 0.680. The molecule has 0 aliphatic carbocycles. The first-order chi connectivity index (χ1) is 15.5. The van der Waals surface area contributed by atoms with Gasteiger partial charge in [0, 0.05) is 31.8 Å². The summed E-state index contributed by atoms with van der Waals surface area (Å²) >= 11 is 0. The lowest BCUT2D eigenvalue weighted by molar-refractivity contribution is -0.213. The smallest absolute Gasteiger partial charge is 0.303 e. The summed E-state index contributed by atoms with van der Waals surface area (Å²) in [6.07, 6.45) is 10.7. The summed E-state index contributed by atoms with van der Waals surface area (Å²) in [5.74, 6) is -0.552. The van der Waals surface area contributed by atoms with Gasteiger partial charge in [-0.3, -0.25) is 9.59 Å². The molecule has 0 saturated carbocycles. The molecule has 3 saturated heterocycles. The van der Waals surface area contributed by atoms with Crippen molar-refractivity contribution in [2.75, 3.05) is 19.8 Å². The zero-order chi connectivity index (χ0) is 24.1. The van der Waals surface area contributed by atoms with E-state index in [4.69, 9.17) is 23.7 Å². The highest BCUT2D eigenvalue weighted by molar-refractivity contribution is 5.87. The SMILES string of the molecule is CC(=O)OC(C)C=CC(=O)NC1OCC(CC=C(C)C=C[C@@H]2C[C@]3(CO3)CC(C)(C)O2)CO1. The lowest BCUT2D eigenvalue weighted by Crippen LogP contribution is -2.44. The van der Waals surface area contributed by atoms with E-state index >= 15 is 0 Å². The molecule has 33 heavy (non-hydrogen) atoms. The van der Waals surface area contributed by atoms with Gasteiger partial charge < -0.3 is 29.0 Å². The van der Waals surface area contributed by atoms with Gasteiger partial charge in [0.25, 0.3) is 0 Å². The average molecular weight is 464 g/mol. The van der Waals surface area contributed by atoms with Crippen LogP contribution in [-0.2, 0) is 33.3 Å². The zero-order valence-electron chi connectivity index (χ0n) is 20.3. The van der Waals surface area contributed by atoms with E-state index in [1.165, 1.54) is 19.1 Å². The quantitative estimate of drug-likeness (QED) is 0.256. The Labute approximate surface area is 196 Å². The van der Waals surface area contributed by atoms with Gasteiger partial charge in [0.1, 0.15) is 6.10 Å². The fourth-order valence-electron chi connectivity index (χ4n) is 4.27. The van der Waals surface area contributed by atoms with Crippen molar-refractivity contribution in [3.05, 3.63) is 36.0 Å². The van der Waals surface area contributed by atoms with Crippen molar-refractivity contribution < 1.29 is 33.3 Å². The molecule has 3 atom stereocenters. The summed E-state index contributed by atoms with van der Waals surface area (Å²) < 4.78 is 28.1. The van der Waals surface area contributed by atoms with Crippen molar-refractivity contribution in [3.63, 3.8) is 0 Å². The molecule has 0 aromatic heterocycles. The van der Waals surface area contributed by atoms with Crippen LogP contribution in [0, 0.1) is 5.92 Å². The monoisotopic (exact) mass is 463 g/mol. The molecule has 1 spiro atoms. The number of carbonyl (C=O) groups excluding carboxylic acids is 2. The first kappa shape index (κ1) is 25.6. The maximum Gasteiger partial charge on any atom is 0.303 e. The highest BCUT2D eigenvalue weighted by Crippen LogP contribution is 2.46. The molecule has 3 aliphatic rings. The van der Waals surface area contributed by atoms with E-state index in [-0.39, 0.29) is 29.1 Å². The summed E-state index contributed by atoms with van der Waals surface area (Å²) in [5, 5.41) is 2.63. The summed E-state index contributed by atoms with van der Waals surface area (Å²) in [7, 11) is 0. The predicted octanol–water partition coefficient (Wildman–Crippen LogP) is 3.18. The van der Waals surface area contributed by atoms with E-state index < -0.39 is 18.5 Å². The second kappa shape index (κ2) is 11.0. The molecule has 3 fully saturated rings. The molecule has 1 N–H and O–H groups in total. The molecule has 1 amide bonds. The van der Waals surface area contributed by atoms with E-state index in [9.17, 15) is 9.59 Å². The molecule has 8 nitrogen and oxygen atoms in total. The minimum atomic E-state index is -0.781. The first-order valence-corrected chi connectivity index (χ1v) is 11.6. The standard InChI is InChI=1S/C25H37NO7/c1-17(7-10-21-12-25(16-31-25)15-24(4,5)33-21)6-9-20-13-29-23(30-14-20)26-22(28)11-8-18(2)32-19(3)27/h6-8,10-11,18,20-21,23H,9,12-16H2,1-5H3,(H,26,28)/t18?,20?,21-,23?,25-/m1/s1. The Balaban J connectivity index is 1.36. The molecule has 3 aliphatic heterocycles. The van der Waals surface area contributed by atoms with Gasteiger partial charge in [-0.2, -0.15) is 0 Å². The second-order valence-electron chi connectivity index (χ2n) is 9.86. The zero-order valence-corrected chi connectivity index (χ0v) is 20.3. The van der Waals surface area contributed by atoms with Crippen LogP contribution in [0.25, 0.3) is 0 Å². The Hall–Kier alpha value is -2.00. The van der Waals surface area contributed by atoms with Crippen LogP contribution < -0.4 is 5.32 Å². The first-order valence-electron chi connectivity index (χ1n) is 11.6. The van der Waals surface area contributed by atoms with Gasteiger partial charge in [-0.25, -0.2) is 0 Å². The van der Waals surface area contributed by atoms with Gasteiger partial charge in [-0.1, -0.05) is 23.8 Å². The van der Waals surface area contributed by atoms with Crippen molar-refractivity contribution in [1.29, 1.82) is 0 Å². The van der Waals surface area contributed by atoms with E-state index in [1.807, 2.05) is 0 Å². The number of carbonyl (C=O) groups is 2. The van der Waals surface area contributed by atoms with Crippen LogP contribution in [0.1, 0.15) is 53.9 Å². The van der Waals surface area contributed by atoms with Crippen LogP contribution in [0.2, 0.25) is 0 Å². The van der Waals surface area contributed by atoms with Crippen molar-refractivity contribution in [3.8, 4) is 0 Å². The highest BCUT2D eigenvalue weighted by Gasteiger charge is 2.53. The van der Waals surface area contributed by atoms with Crippen molar-refractivity contribution in [1.82, 2.24) is 5.32 Å². The van der Waals surface area contributed by atoms with E-state index in [0.717, 1.165) is 31.4 Å². The van der Waals surface area contributed by atoms with Crippen LogP contribution in [0.4, 0.5) is 0 Å². The van der Waals surface area contributed by atoms with Crippen LogP contribution in [0.3, 0.4) is 0 Å². The minimum absolute atomic E-state index is 0.0213. The Morgan fingerprint density at radius 1 is 1.18 bits per heavy atom. The molecule has 184 valence electrons. The lowest BCUT2D eigenvalue weighted by atomic mass is 9.85. The van der Waals surface area contributed by atoms with Crippen LogP contribution in [0.15, 0.2) is 36.0 Å². The van der Waals surface area contributed by atoms with Crippen LogP contribution in [0.5, 0.6) is 0 Å². The molecule has 0 radical (unpaired) electrons. The van der Waals surface area contributed by atoms with E-state index in [1.54, 1.807) is 6.92 Å². The van der Waals surface area contributed by atoms with Gasteiger partial charge in [-0.15, -0.1) is 0 Å². The van der Waals surface area contributed by atoms with Crippen LogP contribution in [-0.4, -0.2) is 61.5 Å². The number of nitrogens with one attached hydrogen (secondary N) is 1. The highest BCUT2D eigenvalue weighted by atomic mass is 16.7. The number of esters is 1. The van der Waals surface area contributed by atoms with Crippen molar-refractivity contribution >= 4 is 11.9 Å². The van der Waals surface area contributed by atoms with Crippen molar-refractivity contribution in [2.45, 2.75) is 83.7 Å². The molecule has 0 bridgehead atoms. The number of allylic oxidation sites excluding steroid dienone is 3. The van der Waals surface area contributed by atoms with Gasteiger partial charge in [0.05, 0.1) is 37.1 Å². The summed E-state index contributed by atoms with van der Waals surface area (Å²) in [4.78, 5) is 22.8. The van der Waals surface area contributed by atoms with Gasteiger partial charge in [0.15, 0.2) is 0 Å². The van der Waals surface area contributed by atoms with E-state index in [2.05, 4.69) is 44.3 Å². The largest absolute Gasteiger partial charge is 0.459 e.